The van der Waals surface area contributed by atoms with Crippen molar-refractivity contribution in [2.24, 2.45) is 0 Å². The van der Waals surface area contributed by atoms with Crippen LogP contribution in [0.15, 0.2) is 41.2 Å². The summed E-state index contributed by atoms with van der Waals surface area (Å²) >= 11 is 0. The minimum Gasteiger partial charge on any atom is -0.478 e. The molecule has 4 nitrogen and oxygen atoms in total. The first-order valence-electron chi connectivity index (χ1n) is 5.08. The summed E-state index contributed by atoms with van der Waals surface area (Å²) in [5, 5.41) is 7.89. The number of hydrogen-bond acceptors (Lipinski definition) is 3. The molecule has 2 rings (SSSR count). The molecule has 0 atom stereocenters. The van der Waals surface area contributed by atoms with E-state index < -0.39 is 5.97 Å². The van der Waals surface area contributed by atoms with Gasteiger partial charge in [0.2, 0.25) is 0 Å². The Bertz CT molecular complexity index is 236. The van der Waals surface area contributed by atoms with E-state index in [1.807, 2.05) is 12.1 Å². The smallest absolute Gasteiger partial charge is 0.330 e. The lowest BCUT2D eigenvalue weighted by atomic mass is 10.4. The van der Waals surface area contributed by atoms with Gasteiger partial charge < -0.3 is 14.3 Å². The molecule has 0 unspecified atom stereocenters. The fraction of sp³-hybridized carbons (Fsp3) is 0.417. The van der Waals surface area contributed by atoms with Crippen LogP contribution >= 0.6 is 0 Å². The molecule has 0 bridgehead atoms. The third kappa shape index (κ3) is 10.5. The normalized spacial score (nSPS) is 12.8. The molecule has 1 fully saturated rings. The number of furan rings is 1. The lowest BCUT2D eigenvalue weighted by Gasteiger charge is -1.79. The zero-order chi connectivity index (χ0) is 12.2. The van der Waals surface area contributed by atoms with Crippen molar-refractivity contribution >= 4 is 5.97 Å². The van der Waals surface area contributed by atoms with E-state index in [4.69, 9.17) is 9.84 Å². The lowest BCUT2D eigenvalue weighted by molar-refractivity contribution is -0.132. The van der Waals surface area contributed by atoms with Gasteiger partial charge in [0, 0.05) is 18.8 Å². The molecular weight excluding hydrogens is 208 g/mol. The first kappa shape index (κ1) is 14.5. The largest absolute Gasteiger partial charge is 0.478 e. The van der Waals surface area contributed by atoms with Crippen LogP contribution in [0.5, 0.6) is 0 Å². The Hall–Kier alpha value is -1.55. The van der Waals surface area contributed by atoms with Crippen molar-refractivity contribution in [1.29, 1.82) is 0 Å². The van der Waals surface area contributed by atoms with Crippen molar-refractivity contribution in [3.05, 3.63) is 36.8 Å². The maximum Gasteiger partial charge on any atom is 0.330 e. The third-order valence-electron chi connectivity index (χ3n) is 1.62. The van der Waals surface area contributed by atoms with Crippen LogP contribution in [0.3, 0.4) is 0 Å². The van der Waals surface area contributed by atoms with E-state index in [0.717, 1.165) is 13.2 Å². The molecule has 1 aromatic heterocycles. The highest BCUT2D eigenvalue weighted by molar-refractivity contribution is 5.84. The highest BCUT2D eigenvalue weighted by atomic mass is 16.5. The van der Waals surface area contributed by atoms with Crippen molar-refractivity contribution in [1.82, 2.24) is 0 Å². The summed E-state index contributed by atoms with van der Waals surface area (Å²) in [5.41, 5.74) is 0.176. The molecule has 1 aromatic rings. The van der Waals surface area contributed by atoms with Gasteiger partial charge in [-0.05, 0) is 31.9 Å². The van der Waals surface area contributed by atoms with E-state index in [2.05, 4.69) is 11.0 Å². The molecule has 1 N–H and O–H groups in total. The molecule has 1 aliphatic heterocycles. The van der Waals surface area contributed by atoms with Gasteiger partial charge in [0.25, 0.3) is 0 Å². The van der Waals surface area contributed by atoms with Crippen LogP contribution in [0.1, 0.15) is 19.8 Å². The van der Waals surface area contributed by atoms with E-state index in [-0.39, 0.29) is 5.57 Å². The molecule has 90 valence electrons. The van der Waals surface area contributed by atoms with Gasteiger partial charge in [-0.1, -0.05) is 6.58 Å². The maximum absolute atomic E-state index is 9.60. The first-order chi connectivity index (χ1) is 7.64. The van der Waals surface area contributed by atoms with Gasteiger partial charge in [-0.3, -0.25) is 0 Å². The summed E-state index contributed by atoms with van der Waals surface area (Å²) in [5.74, 6) is -0.935. The monoisotopic (exact) mass is 226 g/mol. The quantitative estimate of drug-likeness (QED) is 0.748. The van der Waals surface area contributed by atoms with Crippen LogP contribution in [0, 0.1) is 0 Å². The van der Waals surface area contributed by atoms with Crippen molar-refractivity contribution in [2.75, 3.05) is 13.2 Å². The summed E-state index contributed by atoms with van der Waals surface area (Å²) in [7, 11) is 0. The summed E-state index contributed by atoms with van der Waals surface area (Å²) in [6, 6.07) is 3.67. The van der Waals surface area contributed by atoms with Crippen molar-refractivity contribution in [3.8, 4) is 0 Å². The van der Waals surface area contributed by atoms with Gasteiger partial charge in [-0.2, -0.15) is 0 Å². The Labute approximate surface area is 95.5 Å². The molecule has 0 radical (unpaired) electrons. The Morgan fingerprint density at radius 1 is 1.25 bits per heavy atom. The van der Waals surface area contributed by atoms with E-state index >= 15 is 0 Å². The van der Waals surface area contributed by atoms with Gasteiger partial charge in [0.05, 0.1) is 12.5 Å². The topological polar surface area (TPSA) is 59.7 Å². The zero-order valence-electron chi connectivity index (χ0n) is 9.52. The molecule has 1 aliphatic rings. The van der Waals surface area contributed by atoms with E-state index in [9.17, 15) is 4.79 Å². The van der Waals surface area contributed by atoms with Crippen molar-refractivity contribution in [3.63, 3.8) is 0 Å². The molecule has 0 aromatic carbocycles. The van der Waals surface area contributed by atoms with Crippen LogP contribution in [0.2, 0.25) is 0 Å². The van der Waals surface area contributed by atoms with E-state index in [1.165, 1.54) is 19.8 Å². The highest BCUT2D eigenvalue weighted by Gasteiger charge is 1.94. The maximum atomic E-state index is 9.60. The molecule has 4 heteroatoms. The molecule has 0 aliphatic carbocycles. The van der Waals surface area contributed by atoms with Crippen LogP contribution < -0.4 is 0 Å². The van der Waals surface area contributed by atoms with Crippen LogP contribution in [0.4, 0.5) is 0 Å². The van der Waals surface area contributed by atoms with Crippen molar-refractivity contribution < 1.29 is 19.1 Å². The summed E-state index contributed by atoms with van der Waals surface area (Å²) < 4.78 is 9.53. The Balaban J connectivity index is 0.000000211. The SMILES string of the molecule is C1CCOC1.C=C(C)C(=O)O.c1ccoc1. The predicted octanol–water partition coefficient (Wildman–Crippen LogP) is 2.72. The van der Waals surface area contributed by atoms with E-state index in [1.54, 1.807) is 12.5 Å². The van der Waals surface area contributed by atoms with E-state index in [0.29, 0.717) is 0 Å². The minimum absolute atomic E-state index is 0.176. The summed E-state index contributed by atoms with van der Waals surface area (Å²) in [4.78, 5) is 9.60. The second-order valence-electron chi connectivity index (χ2n) is 3.20. The average Bonchev–Trinajstić information content (AvgIpc) is 2.97. The first-order valence-corrected chi connectivity index (χ1v) is 5.08. The Morgan fingerprint density at radius 2 is 1.69 bits per heavy atom. The Morgan fingerprint density at radius 3 is 1.81 bits per heavy atom. The molecule has 0 spiro atoms. The molecule has 0 saturated carbocycles. The molecule has 1 saturated heterocycles. The van der Waals surface area contributed by atoms with Crippen LogP contribution in [-0.4, -0.2) is 24.3 Å². The predicted molar refractivity (Wildman–Crippen MR) is 61.2 cm³/mol. The second-order valence-corrected chi connectivity index (χ2v) is 3.20. The molecule has 16 heavy (non-hydrogen) atoms. The number of rotatable bonds is 1. The lowest BCUT2D eigenvalue weighted by Crippen LogP contribution is -1.92. The molecule has 2 heterocycles. The molecule has 0 amide bonds. The van der Waals surface area contributed by atoms with Crippen LogP contribution in [0.25, 0.3) is 0 Å². The summed E-state index contributed by atoms with van der Waals surface area (Å²) in [6.45, 7) is 6.60. The van der Waals surface area contributed by atoms with Gasteiger partial charge in [-0.15, -0.1) is 0 Å². The number of carbonyl (C=O) groups is 1. The second kappa shape index (κ2) is 9.98. The molecular formula is C12H18O4. The fourth-order valence-corrected chi connectivity index (χ4v) is 0.737. The standard InChI is InChI=1S/C4H6O2.C4H8O.C4H4O/c1-3(2)4(5)6;2*1-2-4-5-3-1/h1H2,2H3,(H,5,6);1-4H2;1-4H. The highest BCUT2D eigenvalue weighted by Crippen LogP contribution is 1.98. The number of carboxylic acids is 1. The fourth-order valence-electron chi connectivity index (χ4n) is 0.737. The number of ether oxygens (including phenoxy) is 1. The van der Waals surface area contributed by atoms with Gasteiger partial charge in [-0.25, -0.2) is 4.79 Å². The van der Waals surface area contributed by atoms with Gasteiger partial charge >= 0.3 is 5.97 Å². The summed E-state index contributed by atoms with van der Waals surface area (Å²) in [6.07, 6.45) is 5.81. The minimum atomic E-state index is -0.935. The third-order valence-corrected chi connectivity index (χ3v) is 1.62. The van der Waals surface area contributed by atoms with Gasteiger partial charge in [0.1, 0.15) is 0 Å². The van der Waals surface area contributed by atoms with Gasteiger partial charge in [0.15, 0.2) is 0 Å². The van der Waals surface area contributed by atoms with Crippen molar-refractivity contribution in [2.45, 2.75) is 19.8 Å². The Kier molecular flexibility index (Phi) is 9.02. The number of aliphatic carboxylic acids is 1. The number of carboxylic acid groups (broad SMARTS) is 1. The van der Waals surface area contributed by atoms with Crippen LogP contribution in [-0.2, 0) is 9.53 Å². The average molecular weight is 226 g/mol. The number of hydrogen-bond donors (Lipinski definition) is 1. The zero-order valence-corrected chi connectivity index (χ0v) is 9.52.